The number of hydrogen-bond donors (Lipinski definition) is 1. The van der Waals surface area contributed by atoms with E-state index in [1.54, 1.807) is 12.1 Å². The molecule has 0 aliphatic rings. The van der Waals surface area contributed by atoms with Gasteiger partial charge in [0.2, 0.25) is 0 Å². The number of benzene rings is 2. The average molecular weight is 418 g/mol. The van der Waals surface area contributed by atoms with E-state index in [-0.39, 0.29) is 18.5 Å². The molecule has 0 heterocycles. The molecule has 0 saturated carbocycles. The molecule has 0 aromatic heterocycles. The standard InChI is InChI=1S/C23H26O4.Cr/c1-18(14-26-15-21-9-5-4-6-10-21)8-7-11-25-17-27-16-23-19(2)12-22(24)13-20(23)3;/h4-6,9-10,12-13,18,24H,11,14-15,17H2,1-3H3;. The van der Waals surface area contributed by atoms with Gasteiger partial charge < -0.3 is 0 Å². The van der Waals surface area contributed by atoms with Crippen molar-refractivity contribution >= 4 is 4.57 Å². The number of rotatable bonds is 9. The van der Waals surface area contributed by atoms with Crippen LogP contribution in [0.25, 0.3) is 0 Å². The molecule has 4 nitrogen and oxygen atoms in total. The molecule has 0 spiro atoms. The fourth-order valence-electron chi connectivity index (χ4n) is 2.71. The van der Waals surface area contributed by atoms with Crippen molar-refractivity contribution in [2.75, 3.05) is 20.0 Å². The zero-order valence-electron chi connectivity index (χ0n) is 16.5. The smallest absolute Gasteiger partial charge is 0.0622 e. The van der Waals surface area contributed by atoms with Gasteiger partial charge in [0.05, 0.1) is 0 Å². The molecule has 0 fully saturated rings. The van der Waals surface area contributed by atoms with Gasteiger partial charge in [-0.15, -0.1) is 0 Å². The van der Waals surface area contributed by atoms with Gasteiger partial charge in [-0.25, -0.2) is 0 Å². The normalized spacial score (nSPS) is 11.5. The van der Waals surface area contributed by atoms with Crippen LogP contribution in [0.5, 0.6) is 5.75 Å². The van der Waals surface area contributed by atoms with Crippen molar-refractivity contribution in [2.24, 2.45) is 5.92 Å². The van der Waals surface area contributed by atoms with Crippen LogP contribution in [0.3, 0.4) is 0 Å². The van der Waals surface area contributed by atoms with Gasteiger partial charge in [0.25, 0.3) is 0 Å². The monoisotopic (exact) mass is 418 g/mol. The van der Waals surface area contributed by atoms with E-state index >= 15 is 0 Å². The first kappa shape index (κ1) is 22.4. The predicted molar refractivity (Wildman–Crippen MR) is 107 cm³/mol. The van der Waals surface area contributed by atoms with Crippen LogP contribution in [0.2, 0.25) is 0 Å². The molecule has 1 N–H and O–H groups in total. The van der Waals surface area contributed by atoms with E-state index < -0.39 is 0 Å². The molecule has 1 atom stereocenters. The number of hydrogen-bond acceptors (Lipinski definition) is 4. The molecule has 2 rings (SSSR count). The van der Waals surface area contributed by atoms with E-state index in [2.05, 4.69) is 27.7 Å². The minimum Gasteiger partial charge on any atom is -0.0622 e. The molecule has 0 amide bonds. The first-order valence-corrected chi connectivity index (χ1v) is 9.76. The summed E-state index contributed by atoms with van der Waals surface area (Å²) >= 11 is 2.92. The molecule has 0 aliphatic heterocycles. The van der Waals surface area contributed by atoms with E-state index in [4.69, 9.17) is 14.2 Å². The van der Waals surface area contributed by atoms with Gasteiger partial charge in [0.15, 0.2) is 0 Å². The number of phenolic OH excluding ortho intramolecular Hbond substituents is 1. The van der Waals surface area contributed by atoms with Crippen LogP contribution in [-0.4, -0.2) is 29.7 Å². The van der Waals surface area contributed by atoms with Gasteiger partial charge in [-0.3, -0.25) is 0 Å². The van der Waals surface area contributed by atoms with E-state index in [9.17, 15) is 5.11 Å². The second kappa shape index (κ2) is 11.8. The number of aromatic hydroxyl groups is 1. The van der Waals surface area contributed by atoms with Crippen LogP contribution >= 0.6 is 0 Å². The Hall–Kier alpha value is -1.92. The van der Waals surface area contributed by atoms with Crippen molar-refractivity contribution in [1.29, 1.82) is 0 Å². The summed E-state index contributed by atoms with van der Waals surface area (Å²) in [6.07, 6.45) is 0. The molecule has 28 heavy (non-hydrogen) atoms. The average Bonchev–Trinajstić information content (AvgIpc) is 2.64. The number of phenols is 1. The van der Waals surface area contributed by atoms with Gasteiger partial charge in [-0.2, -0.15) is 0 Å². The van der Waals surface area contributed by atoms with Crippen molar-refractivity contribution in [1.82, 2.24) is 0 Å². The summed E-state index contributed by atoms with van der Waals surface area (Å²) < 4.78 is 17.4. The molecule has 0 saturated heterocycles. The van der Waals surface area contributed by atoms with E-state index in [1.807, 2.05) is 51.1 Å². The molecule has 1 unspecified atom stereocenters. The van der Waals surface area contributed by atoms with E-state index in [1.165, 1.54) is 0 Å². The maximum absolute atomic E-state index is 9.62. The van der Waals surface area contributed by atoms with Crippen molar-refractivity contribution in [3.05, 3.63) is 64.7 Å². The van der Waals surface area contributed by atoms with Crippen LogP contribution in [0.4, 0.5) is 0 Å². The molecule has 2 aromatic rings. The quantitative estimate of drug-likeness (QED) is 0.382. The summed E-state index contributed by atoms with van der Waals surface area (Å²) in [4.78, 5) is 0. The minimum atomic E-state index is 0.107. The summed E-state index contributed by atoms with van der Waals surface area (Å²) in [6, 6.07) is 13.5. The summed E-state index contributed by atoms with van der Waals surface area (Å²) in [5, 5.41) is 9.62. The third-order valence-electron chi connectivity index (χ3n) is 4.00. The molecule has 2 aromatic carbocycles. The van der Waals surface area contributed by atoms with E-state index in [0.717, 1.165) is 22.3 Å². The van der Waals surface area contributed by atoms with Crippen LogP contribution in [0.1, 0.15) is 29.2 Å². The Labute approximate surface area is 175 Å². The summed E-state index contributed by atoms with van der Waals surface area (Å²) in [5.41, 5.74) is 3.98. The Morgan fingerprint density at radius 2 is 1.79 bits per heavy atom. The maximum atomic E-state index is 9.62. The Balaban J connectivity index is 1.64. The van der Waals surface area contributed by atoms with Gasteiger partial charge in [-0.05, 0) is 0 Å². The third kappa shape index (κ3) is 7.60. The van der Waals surface area contributed by atoms with Crippen molar-refractivity contribution in [3.63, 3.8) is 0 Å². The third-order valence-corrected chi connectivity index (χ3v) is 4.50. The minimum absolute atomic E-state index is 0.107. The Kier molecular flexibility index (Phi) is 9.44. The molecular formula is C23H26CrO4. The summed E-state index contributed by atoms with van der Waals surface area (Å²) in [7, 11) is 0. The Morgan fingerprint density at radius 3 is 2.46 bits per heavy atom. The molecule has 148 valence electrons. The van der Waals surface area contributed by atoms with E-state index in [0.29, 0.717) is 24.4 Å². The SMILES string of the molecule is Cc1cc(O)cc(C)c1[C](=[Cr])OCOCC#CC(C)COCc1ccccc1. The predicted octanol–water partition coefficient (Wildman–Crippen LogP) is 3.88. The van der Waals surface area contributed by atoms with Gasteiger partial charge in [0.1, 0.15) is 0 Å². The molecule has 5 heteroatoms. The molecule has 0 radical (unpaired) electrons. The number of aryl methyl sites for hydroxylation is 2. The van der Waals surface area contributed by atoms with Crippen LogP contribution in [0, 0.1) is 31.6 Å². The Morgan fingerprint density at radius 1 is 1.11 bits per heavy atom. The Bertz CT molecular complexity index is 814. The van der Waals surface area contributed by atoms with Crippen molar-refractivity contribution in [2.45, 2.75) is 27.4 Å². The molecule has 0 aliphatic carbocycles. The second-order valence-electron chi connectivity index (χ2n) is 6.58. The van der Waals surface area contributed by atoms with Gasteiger partial charge in [0, 0.05) is 0 Å². The first-order chi connectivity index (χ1) is 13.5. The topological polar surface area (TPSA) is 47.9 Å². The zero-order valence-corrected chi connectivity index (χ0v) is 17.8. The number of ether oxygens (including phenoxy) is 3. The van der Waals surface area contributed by atoms with Crippen molar-refractivity contribution < 1.29 is 35.2 Å². The first-order valence-electron chi connectivity index (χ1n) is 9.12. The summed E-state index contributed by atoms with van der Waals surface area (Å²) in [6.45, 7) is 7.46. The fraction of sp³-hybridized carbons (Fsp3) is 0.348. The van der Waals surface area contributed by atoms with Crippen molar-refractivity contribution in [3.8, 4) is 17.6 Å². The zero-order chi connectivity index (χ0) is 20.4. The van der Waals surface area contributed by atoms with Gasteiger partial charge >= 0.3 is 145 Å². The van der Waals surface area contributed by atoms with Gasteiger partial charge in [-0.1, -0.05) is 30.3 Å². The summed E-state index contributed by atoms with van der Waals surface area (Å²) in [5.74, 6) is 6.49. The van der Waals surface area contributed by atoms with Crippen LogP contribution in [-0.2, 0) is 36.7 Å². The fourth-order valence-corrected chi connectivity index (χ4v) is 3.29. The van der Waals surface area contributed by atoms with Crippen LogP contribution in [0.15, 0.2) is 42.5 Å². The molecule has 0 bridgehead atoms. The van der Waals surface area contributed by atoms with Crippen LogP contribution < -0.4 is 0 Å². The second-order valence-corrected chi connectivity index (χ2v) is 7.15. The molecular weight excluding hydrogens is 392 g/mol.